The summed E-state index contributed by atoms with van der Waals surface area (Å²) in [6, 6.07) is 7.04. The lowest BCUT2D eigenvalue weighted by Gasteiger charge is -2.08. The average molecular weight is 214 g/mol. The van der Waals surface area contributed by atoms with E-state index in [4.69, 9.17) is 5.73 Å². The van der Waals surface area contributed by atoms with E-state index in [9.17, 15) is 8.78 Å². The Kier molecular flexibility index (Phi) is 2.20. The molecule has 0 bridgehead atoms. The van der Waals surface area contributed by atoms with Crippen LogP contribution < -0.4 is 5.73 Å². The molecule has 0 atom stereocenters. The molecule has 0 amide bonds. The molecule has 2 nitrogen and oxygen atoms in total. The second-order valence-electron chi connectivity index (χ2n) is 2.90. The summed E-state index contributed by atoms with van der Waals surface area (Å²) in [4.78, 5) is 3.84. The number of benzene rings is 1. The van der Waals surface area contributed by atoms with Gasteiger partial charge in [0.2, 0.25) is 0 Å². The molecular formula is C9H8F2N2S. The Balaban J connectivity index is 2.55. The van der Waals surface area contributed by atoms with Crippen LogP contribution in [0.4, 0.5) is 8.78 Å². The minimum Gasteiger partial charge on any atom is -0.325 e. The van der Waals surface area contributed by atoms with Gasteiger partial charge in [0.25, 0.3) is 0 Å². The fraction of sp³-hybridized carbons (Fsp3) is 0.222. The van der Waals surface area contributed by atoms with Gasteiger partial charge in [0.15, 0.2) is 5.01 Å². The SMILES string of the molecule is NCC(F)(F)c1nc2ccccc2s1. The number of hydrogen-bond acceptors (Lipinski definition) is 3. The Hall–Kier alpha value is -1.07. The lowest BCUT2D eigenvalue weighted by atomic mass is 10.3. The Morgan fingerprint density at radius 1 is 1.36 bits per heavy atom. The molecule has 0 radical (unpaired) electrons. The molecule has 0 saturated carbocycles. The van der Waals surface area contributed by atoms with Crippen LogP contribution in [0.2, 0.25) is 0 Å². The predicted molar refractivity (Wildman–Crippen MR) is 52.6 cm³/mol. The van der Waals surface area contributed by atoms with E-state index < -0.39 is 12.5 Å². The van der Waals surface area contributed by atoms with Crippen molar-refractivity contribution in [3.8, 4) is 0 Å². The molecule has 2 N–H and O–H groups in total. The molecule has 1 aromatic carbocycles. The zero-order valence-corrected chi connectivity index (χ0v) is 8.02. The first-order chi connectivity index (χ1) is 6.63. The predicted octanol–water partition coefficient (Wildman–Crippen LogP) is 2.35. The third-order valence-corrected chi connectivity index (χ3v) is 3.01. The maximum atomic E-state index is 13.1. The van der Waals surface area contributed by atoms with Crippen LogP contribution in [-0.2, 0) is 5.92 Å². The summed E-state index contributed by atoms with van der Waals surface area (Å²) in [6.07, 6.45) is 0. The molecule has 2 rings (SSSR count). The molecule has 74 valence electrons. The van der Waals surface area contributed by atoms with Gasteiger partial charge >= 0.3 is 5.92 Å². The van der Waals surface area contributed by atoms with E-state index in [0.29, 0.717) is 5.52 Å². The number of hydrogen-bond donors (Lipinski definition) is 1. The van der Waals surface area contributed by atoms with E-state index in [-0.39, 0.29) is 5.01 Å². The standard InChI is InChI=1S/C9H8F2N2S/c10-9(11,5-12)8-13-6-3-1-2-4-7(6)14-8/h1-4H,5,12H2. The number of nitrogens with zero attached hydrogens (tertiary/aromatic N) is 1. The van der Waals surface area contributed by atoms with Gasteiger partial charge in [0, 0.05) is 0 Å². The molecule has 1 heterocycles. The third-order valence-electron chi connectivity index (χ3n) is 1.86. The van der Waals surface area contributed by atoms with E-state index in [2.05, 4.69) is 4.98 Å². The highest BCUT2D eigenvalue weighted by atomic mass is 32.1. The summed E-state index contributed by atoms with van der Waals surface area (Å²) in [5, 5.41) is -0.207. The first-order valence-electron chi connectivity index (χ1n) is 4.07. The fourth-order valence-electron chi connectivity index (χ4n) is 1.12. The Morgan fingerprint density at radius 3 is 2.71 bits per heavy atom. The second kappa shape index (κ2) is 3.25. The monoisotopic (exact) mass is 214 g/mol. The van der Waals surface area contributed by atoms with Crippen LogP contribution in [0, 0.1) is 0 Å². The minimum atomic E-state index is -3.01. The summed E-state index contributed by atoms with van der Waals surface area (Å²) in [6.45, 7) is -0.702. The summed E-state index contributed by atoms with van der Waals surface area (Å²) in [7, 11) is 0. The molecular weight excluding hydrogens is 206 g/mol. The molecule has 0 aliphatic heterocycles. The van der Waals surface area contributed by atoms with E-state index in [0.717, 1.165) is 16.0 Å². The Labute approximate surface area is 83.4 Å². The van der Waals surface area contributed by atoms with Crippen molar-refractivity contribution < 1.29 is 8.78 Å². The van der Waals surface area contributed by atoms with Crippen molar-refractivity contribution in [2.75, 3.05) is 6.54 Å². The van der Waals surface area contributed by atoms with E-state index >= 15 is 0 Å². The highest BCUT2D eigenvalue weighted by Gasteiger charge is 2.33. The zero-order chi connectivity index (χ0) is 10.2. The van der Waals surface area contributed by atoms with Gasteiger partial charge in [-0.1, -0.05) is 12.1 Å². The third kappa shape index (κ3) is 1.49. The van der Waals surface area contributed by atoms with Crippen LogP contribution >= 0.6 is 11.3 Å². The van der Waals surface area contributed by atoms with Crippen molar-refractivity contribution in [1.82, 2.24) is 4.98 Å². The summed E-state index contributed by atoms with van der Waals surface area (Å²) in [5.74, 6) is -3.01. The van der Waals surface area contributed by atoms with E-state index in [1.54, 1.807) is 24.3 Å². The molecule has 0 unspecified atom stereocenters. The number of rotatable bonds is 2. The van der Waals surface area contributed by atoms with Crippen LogP contribution in [0.1, 0.15) is 5.01 Å². The number of aromatic nitrogens is 1. The maximum Gasteiger partial charge on any atom is 0.310 e. The molecule has 5 heteroatoms. The van der Waals surface area contributed by atoms with Crippen LogP contribution in [0.25, 0.3) is 10.2 Å². The summed E-state index contributed by atoms with van der Waals surface area (Å²) in [5.41, 5.74) is 5.57. The van der Waals surface area contributed by atoms with Gasteiger partial charge in [0.1, 0.15) is 0 Å². The van der Waals surface area contributed by atoms with Crippen molar-refractivity contribution in [3.05, 3.63) is 29.3 Å². The Morgan fingerprint density at radius 2 is 2.07 bits per heavy atom. The largest absolute Gasteiger partial charge is 0.325 e. The normalized spacial score (nSPS) is 12.2. The first kappa shape index (κ1) is 9.48. The van der Waals surface area contributed by atoms with Crippen molar-refractivity contribution in [3.63, 3.8) is 0 Å². The van der Waals surface area contributed by atoms with Crippen molar-refractivity contribution in [2.45, 2.75) is 5.92 Å². The van der Waals surface area contributed by atoms with Crippen molar-refractivity contribution in [2.24, 2.45) is 5.73 Å². The van der Waals surface area contributed by atoms with Gasteiger partial charge < -0.3 is 5.73 Å². The number of alkyl halides is 2. The van der Waals surface area contributed by atoms with Gasteiger partial charge in [-0.3, -0.25) is 0 Å². The van der Waals surface area contributed by atoms with Crippen LogP contribution in [0.3, 0.4) is 0 Å². The molecule has 0 aliphatic rings. The molecule has 0 aliphatic carbocycles. The lowest BCUT2D eigenvalue weighted by Crippen LogP contribution is -2.24. The maximum absolute atomic E-state index is 13.1. The second-order valence-corrected chi connectivity index (χ2v) is 3.93. The number of nitrogens with two attached hydrogens (primary N) is 1. The molecule has 0 spiro atoms. The molecule has 14 heavy (non-hydrogen) atoms. The first-order valence-corrected chi connectivity index (χ1v) is 4.89. The molecule has 0 saturated heterocycles. The smallest absolute Gasteiger partial charge is 0.310 e. The van der Waals surface area contributed by atoms with Crippen LogP contribution in [-0.4, -0.2) is 11.5 Å². The topological polar surface area (TPSA) is 38.9 Å². The zero-order valence-electron chi connectivity index (χ0n) is 7.21. The highest BCUT2D eigenvalue weighted by molar-refractivity contribution is 7.18. The fourth-order valence-corrected chi connectivity index (χ4v) is 2.07. The van der Waals surface area contributed by atoms with Crippen LogP contribution in [0.5, 0.6) is 0 Å². The van der Waals surface area contributed by atoms with Gasteiger partial charge in [-0.05, 0) is 12.1 Å². The Bertz CT molecular complexity index is 420. The minimum absolute atomic E-state index is 0.207. The number of para-hydroxylation sites is 1. The molecule has 1 aromatic heterocycles. The van der Waals surface area contributed by atoms with Gasteiger partial charge in [0.05, 0.1) is 16.8 Å². The number of halogens is 2. The molecule has 0 fully saturated rings. The summed E-state index contributed by atoms with van der Waals surface area (Å²) < 4.78 is 27.1. The van der Waals surface area contributed by atoms with Gasteiger partial charge in [-0.15, -0.1) is 11.3 Å². The van der Waals surface area contributed by atoms with E-state index in [1.165, 1.54) is 0 Å². The number of fused-ring (bicyclic) bond motifs is 1. The number of thiazole rings is 1. The van der Waals surface area contributed by atoms with E-state index in [1.807, 2.05) is 0 Å². The van der Waals surface area contributed by atoms with Crippen LogP contribution in [0.15, 0.2) is 24.3 Å². The van der Waals surface area contributed by atoms with Gasteiger partial charge in [-0.25, -0.2) is 4.98 Å². The quantitative estimate of drug-likeness (QED) is 0.833. The summed E-state index contributed by atoms with van der Waals surface area (Å²) >= 11 is 0.988. The van der Waals surface area contributed by atoms with Crippen molar-refractivity contribution >= 4 is 21.6 Å². The van der Waals surface area contributed by atoms with Crippen molar-refractivity contribution in [1.29, 1.82) is 0 Å². The highest BCUT2D eigenvalue weighted by Crippen LogP contribution is 2.33. The molecule has 2 aromatic rings. The lowest BCUT2D eigenvalue weighted by molar-refractivity contribution is 0.00594. The van der Waals surface area contributed by atoms with Gasteiger partial charge in [-0.2, -0.15) is 8.78 Å². The average Bonchev–Trinajstić information content (AvgIpc) is 2.61.